The van der Waals surface area contributed by atoms with Crippen molar-refractivity contribution in [1.29, 1.82) is 0 Å². The van der Waals surface area contributed by atoms with Gasteiger partial charge in [0.05, 0.1) is 0 Å². The molecule has 0 bridgehead atoms. The first-order chi connectivity index (χ1) is 3.81. The Labute approximate surface area is 58.6 Å². The molecule has 0 saturated heterocycles. The van der Waals surface area contributed by atoms with E-state index >= 15 is 0 Å². The summed E-state index contributed by atoms with van der Waals surface area (Å²) in [5.74, 6) is 0. The van der Waals surface area contributed by atoms with E-state index in [1.807, 2.05) is 19.2 Å². The third kappa shape index (κ3) is 3.93. The summed E-state index contributed by atoms with van der Waals surface area (Å²) in [4.78, 5) is 0. The van der Waals surface area contributed by atoms with Crippen molar-refractivity contribution in [3.63, 3.8) is 0 Å². The number of halogens is 1. The van der Waals surface area contributed by atoms with Crippen LogP contribution in [-0.2, 0) is 0 Å². The average molecular weight is 176 g/mol. The van der Waals surface area contributed by atoms with Gasteiger partial charge in [-0.3, -0.25) is 0 Å². The van der Waals surface area contributed by atoms with Gasteiger partial charge in [-0.05, 0) is 6.08 Å². The van der Waals surface area contributed by atoms with Gasteiger partial charge in [-0.15, -0.1) is 0 Å². The Morgan fingerprint density at radius 3 is 2.88 bits per heavy atom. The highest BCUT2D eigenvalue weighted by Crippen LogP contribution is 1.87. The van der Waals surface area contributed by atoms with E-state index in [0.29, 0.717) is 0 Å². The molecule has 0 spiro atoms. The van der Waals surface area contributed by atoms with Gasteiger partial charge in [0.25, 0.3) is 0 Å². The van der Waals surface area contributed by atoms with E-state index < -0.39 is 0 Å². The molecule has 0 unspecified atom stereocenters. The van der Waals surface area contributed by atoms with Crippen LogP contribution in [0.3, 0.4) is 0 Å². The minimum atomic E-state index is 0.883. The first-order valence-electron chi connectivity index (χ1n) is 2.40. The van der Waals surface area contributed by atoms with Crippen LogP contribution in [0.15, 0.2) is 24.4 Å². The van der Waals surface area contributed by atoms with Gasteiger partial charge in [-0.1, -0.05) is 28.6 Å². The van der Waals surface area contributed by atoms with Crippen LogP contribution in [0.1, 0.15) is 0 Å². The van der Waals surface area contributed by atoms with Crippen molar-refractivity contribution in [3.8, 4) is 0 Å². The second kappa shape index (κ2) is 4.91. The number of allylic oxidation sites excluding steroid dienone is 2. The molecular formula is C6H10BrN. The van der Waals surface area contributed by atoms with Crippen molar-refractivity contribution in [2.24, 2.45) is 0 Å². The number of rotatable bonds is 3. The monoisotopic (exact) mass is 175 g/mol. The molecule has 0 aromatic heterocycles. The maximum atomic E-state index is 3.69. The van der Waals surface area contributed by atoms with Crippen LogP contribution in [-0.4, -0.2) is 12.4 Å². The summed E-state index contributed by atoms with van der Waals surface area (Å²) in [6.45, 7) is 3.69. The highest BCUT2D eigenvalue weighted by Gasteiger charge is 1.74. The lowest BCUT2D eigenvalue weighted by Gasteiger charge is -1.92. The largest absolute Gasteiger partial charge is 0.389 e. The van der Waals surface area contributed by atoms with Gasteiger partial charge in [-0.25, -0.2) is 0 Å². The Bertz CT molecular complexity index is 96.7. The molecule has 0 aliphatic carbocycles. The first kappa shape index (κ1) is 7.76. The van der Waals surface area contributed by atoms with Gasteiger partial charge < -0.3 is 5.32 Å². The lowest BCUT2D eigenvalue weighted by Crippen LogP contribution is -2.00. The highest BCUT2D eigenvalue weighted by molar-refractivity contribution is 9.09. The molecule has 0 saturated carbocycles. The second-order valence-electron chi connectivity index (χ2n) is 1.33. The molecule has 2 heteroatoms. The maximum Gasteiger partial charge on any atom is 0.0261 e. The summed E-state index contributed by atoms with van der Waals surface area (Å²) in [7, 11) is 1.85. The van der Waals surface area contributed by atoms with Crippen molar-refractivity contribution in [1.82, 2.24) is 5.32 Å². The predicted molar refractivity (Wildman–Crippen MR) is 41.1 cm³/mol. The minimum Gasteiger partial charge on any atom is -0.389 e. The molecule has 0 radical (unpaired) electrons. The Kier molecular flexibility index (Phi) is 4.76. The van der Waals surface area contributed by atoms with Gasteiger partial charge in [0.1, 0.15) is 0 Å². The fourth-order valence-electron chi connectivity index (χ4n) is 0.270. The van der Waals surface area contributed by atoms with Gasteiger partial charge in [0.2, 0.25) is 0 Å². The van der Waals surface area contributed by atoms with Crippen molar-refractivity contribution < 1.29 is 0 Å². The molecule has 0 aliphatic heterocycles. The van der Waals surface area contributed by atoms with E-state index in [9.17, 15) is 0 Å². The van der Waals surface area contributed by atoms with Gasteiger partial charge in [-0.2, -0.15) is 0 Å². The SMILES string of the molecule is C=C(/C=C/CBr)NC. The summed E-state index contributed by atoms with van der Waals surface area (Å²) < 4.78 is 0. The topological polar surface area (TPSA) is 12.0 Å². The Hall–Kier alpha value is -0.240. The Morgan fingerprint density at radius 2 is 2.50 bits per heavy atom. The standard InChI is InChI=1S/C6H10BrN/c1-6(8-2)4-3-5-7/h3-4,8H,1,5H2,2H3/b4-3+. The molecule has 0 heterocycles. The third-order valence-electron chi connectivity index (χ3n) is 0.729. The van der Waals surface area contributed by atoms with Crippen molar-refractivity contribution in [3.05, 3.63) is 24.4 Å². The molecule has 8 heavy (non-hydrogen) atoms. The molecule has 0 fully saturated rings. The summed E-state index contributed by atoms with van der Waals surface area (Å²) in [6, 6.07) is 0. The van der Waals surface area contributed by atoms with E-state index in [0.717, 1.165) is 11.0 Å². The molecule has 0 amide bonds. The number of hydrogen-bond donors (Lipinski definition) is 1. The second-order valence-corrected chi connectivity index (χ2v) is 1.98. The average Bonchev–Trinajstić information content (AvgIpc) is 1.83. The van der Waals surface area contributed by atoms with E-state index in [1.165, 1.54) is 0 Å². The minimum absolute atomic E-state index is 0.883. The molecular weight excluding hydrogens is 166 g/mol. The van der Waals surface area contributed by atoms with Crippen LogP contribution in [0, 0.1) is 0 Å². The van der Waals surface area contributed by atoms with E-state index in [4.69, 9.17) is 0 Å². The van der Waals surface area contributed by atoms with E-state index in [2.05, 4.69) is 27.8 Å². The molecule has 0 aliphatic rings. The molecule has 0 rings (SSSR count). The number of hydrogen-bond acceptors (Lipinski definition) is 1. The summed E-state index contributed by atoms with van der Waals surface area (Å²) in [5.41, 5.74) is 0.935. The molecule has 0 atom stereocenters. The summed E-state index contributed by atoms with van der Waals surface area (Å²) in [5, 5.41) is 3.78. The Balaban J connectivity index is 3.37. The van der Waals surface area contributed by atoms with Crippen LogP contribution in [0.5, 0.6) is 0 Å². The molecule has 0 aromatic carbocycles. The Morgan fingerprint density at radius 1 is 1.88 bits per heavy atom. The number of alkyl halides is 1. The zero-order chi connectivity index (χ0) is 6.41. The van der Waals surface area contributed by atoms with E-state index in [-0.39, 0.29) is 0 Å². The number of likely N-dealkylation sites (N-methyl/N-ethyl adjacent to an activating group) is 1. The third-order valence-corrected chi connectivity index (χ3v) is 1.10. The van der Waals surface area contributed by atoms with E-state index in [1.54, 1.807) is 0 Å². The van der Waals surface area contributed by atoms with Crippen LogP contribution in [0.25, 0.3) is 0 Å². The molecule has 0 aromatic rings. The predicted octanol–water partition coefficient (Wildman–Crippen LogP) is 1.67. The van der Waals surface area contributed by atoms with Crippen LogP contribution < -0.4 is 5.32 Å². The summed E-state index contributed by atoms with van der Waals surface area (Å²) in [6.07, 6.45) is 3.91. The van der Waals surface area contributed by atoms with Gasteiger partial charge >= 0.3 is 0 Å². The highest BCUT2D eigenvalue weighted by atomic mass is 79.9. The maximum absolute atomic E-state index is 3.69. The fourth-order valence-corrected chi connectivity index (χ4v) is 0.457. The van der Waals surface area contributed by atoms with Crippen molar-refractivity contribution in [2.75, 3.05) is 12.4 Å². The zero-order valence-electron chi connectivity index (χ0n) is 4.95. The van der Waals surface area contributed by atoms with Gasteiger partial charge in [0, 0.05) is 18.1 Å². The molecule has 46 valence electrons. The van der Waals surface area contributed by atoms with Gasteiger partial charge in [0.15, 0.2) is 0 Å². The fraction of sp³-hybridized carbons (Fsp3) is 0.333. The van der Waals surface area contributed by atoms with Crippen molar-refractivity contribution >= 4 is 15.9 Å². The number of nitrogens with one attached hydrogen (secondary N) is 1. The quantitative estimate of drug-likeness (QED) is 0.509. The molecule has 1 nitrogen and oxygen atoms in total. The van der Waals surface area contributed by atoms with Crippen LogP contribution >= 0.6 is 15.9 Å². The smallest absolute Gasteiger partial charge is 0.0261 e. The molecule has 1 N–H and O–H groups in total. The normalized spacial score (nSPS) is 9.75. The lowest BCUT2D eigenvalue weighted by atomic mass is 10.4. The lowest BCUT2D eigenvalue weighted by molar-refractivity contribution is 1.04. The zero-order valence-corrected chi connectivity index (χ0v) is 6.53. The van der Waals surface area contributed by atoms with Crippen LogP contribution in [0.4, 0.5) is 0 Å². The van der Waals surface area contributed by atoms with Crippen molar-refractivity contribution in [2.45, 2.75) is 0 Å². The van der Waals surface area contributed by atoms with Crippen LogP contribution in [0.2, 0.25) is 0 Å². The first-order valence-corrected chi connectivity index (χ1v) is 3.52. The summed E-state index contributed by atoms with van der Waals surface area (Å²) >= 11 is 3.25.